The molecule has 0 fully saturated rings. The molecule has 17 heavy (non-hydrogen) atoms. The van der Waals surface area contributed by atoms with Crippen LogP contribution in [0.1, 0.15) is 31.4 Å². The molecule has 0 spiro atoms. The molecule has 0 saturated heterocycles. The van der Waals surface area contributed by atoms with Crippen molar-refractivity contribution in [2.45, 2.75) is 39.3 Å². The average molecular weight is 235 g/mol. The Hall–Kier alpha value is -1.35. The van der Waals surface area contributed by atoms with Crippen LogP contribution in [0.15, 0.2) is 24.3 Å². The summed E-state index contributed by atoms with van der Waals surface area (Å²) in [6.07, 6.45) is 1.65. The summed E-state index contributed by atoms with van der Waals surface area (Å²) in [5, 5.41) is 9.06. The molecule has 0 aromatic heterocycles. The second-order valence-corrected chi connectivity index (χ2v) is 4.35. The Bertz CT molecular complexity index is 359. The first kappa shape index (κ1) is 13.7. The molecule has 3 nitrogen and oxygen atoms in total. The topological polar surface area (TPSA) is 40.5 Å². The molecule has 94 valence electrons. The third-order valence-corrected chi connectivity index (χ3v) is 3.07. The number of nitrogens with zero attached hydrogens (tertiary/aromatic N) is 1. The molecular formula is C14H21NO2. The average Bonchev–Trinajstić information content (AvgIpc) is 2.30. The number of carboxylic acid groups (broad SMARTS) is 1. The van der Waals surface area contributed by atoms with Crippen LogP contribution in [-0.4, -0.2) is 29.1 Å². The highest BCUT2D eigenvalue weighted by molar-refractivity contribution is 5.73. The van der Waals surface area contributed by atoms with Gasteiger partial charge in [-0.25, -0.2) is 0 Å². The lowest BCUT2D eigenvalue weighted by molar-refractivity contribution is -0.143. The first-order valence-electron chi connectivity index (χ1n) is 6.09. The maximum atomic E-state index is 11.0. The highest BCUT2D eigenvalue weighted by Gasteiger charge is 2.20. The second-order valence-electron chi connectivity index (χ2n) is 4.35. The third-order valence-electron chi connectivity index (χ3n) is 3.07. The Labute approximate surface area is 103 Å². The molecular weight excluding hydrogens is 214 g/mol. The number of aryl methyl sites for hydroxylation is 1. The van der Waals surface area contributed by atoms with Gasteiger partial charge in [0, 0.05) is 6.54 Å². The van der Waals surface area contributed by atoms with Crippen LogP contribution in [0, 0.1) is 0 Å². The molecule has 1 rings (SSSR count). The Morgan fingerprint density at radius 2 is 1.76 bits per heavy atom. The van der Waals surface area contributed by atoms with E-state index in [9.17, 15) is 4.79 Å². The zero-order valence-electron chi connectivity index (χ0n) is 10.8. The molecule has 0 aliphatic heterocycles. The lowest BCUT2D eigenvalue weighted by atomic mass is 10.1. The predicted molar refractivity (Wildman–Crippen MR) is 69.0 cm³/mol. The minimum absolute atomic E-state index is 0.402. The molecule has 1 aromatic rings. The number of hydrogen-bond acceptors (Lipinski definition) is 2. The molecule has 0 heterocycles. The van der Waals surface area contributed by atoms with E-state index < -0.39 is 12.0 Å². The molecule has 0 aliphatic rings. The molecule has 0 bridgehead atoms. The van der Waals surface area contributed by atoms with E-state index in [-0.39, 0.29) is 0 Å². The van der Waals surface area contributed by atoms with E-state index in [0.29, 0.717) is 13.0 Å². The highest BCUT2D eigenvalue weighted by atomic mass is 16.4. The van der Waals surface area contributed by atoms with Gasteiger partial charge in [-0.15, -0.1) is 0 Å². The third kappa shape index (κ3) is 3.86. The monoisotopic (exact) mass is 235 g/mol. The van der Waals surface area contributed by atoms with E-state index >= 15 is 0 Å². The number of likely N-dealkylation sites (N-methyl/N-ethyl adjacent to an activating group) is 1. The number of benzene rings is 1. The van der Waals surface area contributed by atoms with Crippen molar-refractivity contribution in [1.29, 1.82) is 0 Å². The van der Waals surface area contributed by atoms with Crippen LogP contribution in [0.3, 0.4) is 0 Å². The molecule has 3 heteroatoms. The van der Waals surface area contributed by atoms with E-state index in [2.05, 4.69) is 31.2 Å². The van der Waals surface area contributed by atoms with Crippen molar-refractivity contribution in [3.8, 4) is 0 Å². The maximum absolute atomic E-state index is 11.0. The number of carboxylic acids is 1. The number of rotatable bonds is 6. The summed E-state index contributed by atoms with van der Waals surface area (Å²) in [5.74, 6) is -0.750. The normalized spacial score (nSPS) is 12.7. The summed E-state index contributed by atoms with van der Waals surface area (Å²) >= 11 is 0. The number of carbonyl (C=O) groups is 1. The smallest absolute Gasteiger partial charge is 0.320 e. The van der Waals surface area contributed by atoms with E-state index in [0.717, 1.165) is 12.0 Å². The van der Waals surface area contributed by atoms with Crippen molar-refractivity contribution < 1.29 is 9.90 Å². The minimum atomic E-state index is -0.750. The van der Waals surface area contributed by atoms with E-state index in [1.54, 1.807) is 0 Å². The Morgan fingerprint density at radius 1 is 1.24 bits per heavy atom. The summed E-state index contributed by atoms with van der Waals surface area (Å²) in [5.41, 5.74) is 2.46. The first-order valence-corrected chi connectivity index (χ1v) is 6.09. The second kappa shape index (κ2) is 6.40. The van der Waals surface area contributed by atoms with Crippen LogP contribution in [0.5, 0.6) is 0 Å². The number of hydrogen-bond donors (Lipinski definition) is 1. The molecule has 1 unspecified atom stereocenters. The van der Waals surface area contributed by atoms with Gasteiger partial charge in [0.1, 0.15) is 6.04 Å². The van der Waals surface area contributed by atoms with Crippen molar-refractivity contribution in [2.24, 2.45) is 0 Å². The summed E-state index contributed by atoms with van der Waals surface area (Å²) in [6, 6.07) is 7.95. The van der Waals surface area contributed by atoms with E-state index in [1.807, 2.05) is 18.9 Å². The molecule has 1 N–H and O–H groups in total. The molecule has 1 aromatic carbocycles. The van der Waals surface area contributed by atoms with Gasteiger partial charge in [0.05, 0.1) is 0 Å². The van der Waals surface area contributed by atoms with Gasteiger partial charge in [0.2, 0.25) is 0 Å². The summed E-state index contributed by atoms with van der Waals surface area (Å²) in [7, 11) is 1.86. The molecule has 0 amide bonds. The first-order chi connectivity index (χ1) is 8.08. The Balaban J connectivity index is 2.66. The van der Waals surface area contributed by atoms with Gasteiger partial charge in [0.15, 0.2) is 0 Å². The SMILES string of the molecule is CCc1ccc(CN(C)C(CC)C(=O)O)cc1. The van der Waals surface area contributed by atoms with Crippen molar-refractivity contribution in [3.05, 3.63) is 35.4 Å². The van der Waals surface area contributed by atoms with Gasteiger partial charge < -0.3 is 5.11 Å². The van der Waals surface area contributed by atoms with E-state index in [4.69, 9.17) is 5.11 Å². The standard InChI is InChI=1S/C14H21NO2/c1-4-11-6-8-12(9-7-11)10-15(3)13(5-2)14(16)17/h6-9,13H,4-5,10H2,1-3H3,(H,16,17). The predicted octanol–water partition coefficient (Wildman–Crippen LogP) is 2.54. The van der Waals surface area contributed by atoms with Crippen LogP contribution in [0.25, 0.3) is 0 Å². The fourth-order valence-electron chi connectivity index (χ4n) is 1.95. The van der Waals surface area contributed by atoms with Gasteiger partial charge in [-0.3, -0.25) is 9.69 Å². The van der Waals surface area contributed by atoms with Gasteiger partial charge in [-0.05, 0) is 31.0 Å². The molecule has 1 atom stereocenters. The Morgan fingerprint density at radius 3 is 2.18 bits per heavy atom. The van der Waals surface area contributed by atoms with Gasteiger partial charge >= 0.3 is 5.97 Å². The van der Waals surface area contributed by atoms with Crippen LogP contribution in [0.2, 0.25) is 0 Å². The zero-order valence-corrected chi connectivity index (χ0v) is 10.8. The number of aliphatic carboxylic acids is 1. The summed E-state index contributed by atoms with van der Waals surface area (Å²) in [4.78, 5) is 12.9. The largest absolute Gasteiger partial charge is 0.480 e. The molecule has 0 saturated carbocycles. The van der Waals surface area contributed by atoms with Crippen molar-refractivity contribution >= 4 is 5.97 Å². The van der Waals surface area contributed by atoms with Gasteiger partial charge in [-0.2, -0.15) is 0 Å². The zero-order chi connectivity index (χ0) is 12.8. The lowest BCUT2D eigenvalue weighted by Gasteiger charge is -2.23. The van der Waals surface area contributed by atoms with Gasteiger partial charge in [0.25, 0.3) is 0 Å². The van der Waals surface area contributed by atoms with Gasteiger partial charge in [-0.1, -0.05) is 38.1 Å². The van der Waals surface area contributed by atoms with E-state index in [1.165, 1.54) is 5.56 Å². The highest BCUT2D eigenvalue weighted by Crippen LogP contribution is 2.10. The van der Waals surface area contributed by atoms with Crippen LogP contribution in [-0.2, 0) is 17.8 Å². The van der Waals surface area contributed by atoms with Crippen LogP contribution >= 0.6 is 0 Å². The molecule has 0 radical (unpaired) electrons. The van der Waals surface area contributed by atoms with Crippen molar-refractivity contribution in [3.63, 3.8) is 0 Å². The van der Waals surface area contributed by atoms with Crippen LogP contribution < -0.4 is 0 Å². The lowest BCUT2D eigenvalue weighted by Crippen LogP contribution is -2.37. The van der Waals surface area contributed by atoms with Crippen molar-refractivity contribution in [1.82, 2.24) is 4.90 Å². The summed E-state index contributed by atoms with van der Waals surface area (Å²) in [6.45, 7) is 4.70. The van der Waals surface area contributed by atoms with Crippen LogP contribution in [0.4, 0.5) is 0 Å². The fourth-order valence-corrected chi connectivity index (χ4v) is 1.95. The maximum Gasteiger partial charge on any atom is 0.320 e. The quantitative estimate of drug-likeness (QED) is 0.823. The van der Waals surface area contributed by atoms with Crippen molar-refractivity contribution in [2.75, 3.05) is 7.05 Å². The summed E-state index contributed by atoms with van der Waals surface area (Å²) < 4.78 is 0. The molecule has 0 aliphatic carbocycles. The fraction of sp³-hybridized carbons (Fsp3) is 0.500. The minimum Gasteiger partial charge on any atom is -0.480 e. The Kier molecular flexibility index (Phi) is 5.16.